The summed E-state index contributed by atoms with van der Waals surface area (Å²) in [5, 5.41) is 58.0. The first-order chi connectivity index (χ1) is 65.4. The van der Waals surface area contributed by atoms with Crippen LogP contribution in [0.15, 0.2) is 122 Å². The highest BCUT2D eigenvalue weighted by Gasteiger charge is 2.31. The smallest absolute Gasteiger partial charge is 0.407 e. The Labute approximate surface area is 825 Å². The van der Waals surface area contributed by atoms with Gasteiger partial charge in [-0.3, -0.25) is 4.79 Å². The zero-order chi connectivity index (χ0) is 102. The number of carbonyl (C=O) groups is 7. The summed E-state index contributed by atoms with van der Waals surface area (Å²) in [5.74, 6) is -1.57. The highest BCUT2D eigenvalue weighted by atomic mass is 35.5. The fraction of sp³-hybridized carbons (Fsp3) is 0.404. The van der Waals surface area contributed by atoms with Crippen molar-refractivity contribution in [1.82, 2.24) is 79.7 Å². The number of hydrogen-bond donors (Lipinski definition) is 10. The van der Waals surface area contributed by atoms with Crippen LogP contribution in [0.25, 0.3) is 22.6 Å². The lowest BCUT2D eigenvalue weighted by Gasteiger charge is -2.24. The molecule has 1 aliphatic rings. The summed E-state index contributed by atoms with van der Waals surface area (Å²) >= 11 is 24.9. The van der Waals surface area contributed by atoms with Gasteiger partial charge >= 0.3 is 36.2 Å². The Hall–Kier alpha value is -13.7. The summed E-state index contributed by atoms with van der Waals surface area (Å²) in [6.45, 7) is 36.6. The number of carbonyl (C=O) groups excluding carboxylic acids is 7. The monoisotopic (exact) mass is 2030 g/mol. The zero-order valence-electron chi connectivity index (χ0n) is 80.9. The number of aromatic nitrogens is 12. The van der Waals surface area contributed by atoms with Gasteiger partial charge in [-0.1, -0.05) is 46.4 Å². The number of phenolic OH excluding ortho intramolecular Hbond substituents is 1. The molecule has 140 heavy (non-hydrogen) atoms. The van der Waals surface area contributed by atoms with Crippen molar-refractivity contribution >= 4 is 134 Å². The van der Waals surface area contributed by atoms with E-state index in [0.717, 1.165) is 6.07 Å². The molecular weight excluding hydrogens is 1910 g/mol. The van der Waals surface area contributed by atoms with Gasteiger partial charge in [0.05, 0.1) is 115 Å². The third-order valence-electron chi connectivity index (χ3n) is 19.1. The van der Waals surface area contributed by atoms with Crippen molar-refractivity contribution in [2.24, 2.45) is 0 Å². The standard InChI is InChI=1S/2C25H31ClFN5O5.C18H17ClFN5O2.C17H16ClFN4O3.C8H17NO3.CH3/c2*1-7-35-23(33)16-13-29-32-11-10-19(31-22(16)32)30-15(3)20-18(9-8-17(27)21(20)26)36-14(2)12-28-24(34)37-25(4,5)6;1-9-7-21-18(26)11-8-22-25-6-5-14(24-17(11)25)23-10(2)15-13(27-9)4-3-12(20)16(15)19;1-3-26-17(25)10-8-20-23-7-6-13(22-16(10)23)21-9(2)14-12(24)5-4-11(19)15(14)18;1-6(10)5-9-7(11)12-8(2,3)4;/h2*8-11,13-15H,7,12H2,1-6H3,(H,28,34)(H,30,31);3-6,8-10H,7H2,1-2H3,(H,21,26)(H,23,24);4-9,24H,3H2,1-2H3,(H,21,22);6,10H,5H2,1-4H3,(H,9,11);1H3/q;;;;;-1/t14-,15+;14-,15-;9-,10+;;;/m000.../s1. The molecular formula is C94H115Cl4F4N20O18-. The number of nitrogens with one attached hydrogen (secondary N) is 8. The molecule has 0 spiro atoms. The molecule has 4 amide bonds. The van der Waals surface area contributed by atoms with E-state index in [9.17, 15) is 56.2 Å². The summed E-state index contributed by atoms with van der Waals surface area (Å²) < 4.78 is 111. The minimum Gasteiger partial charge on any atom is -0.508 e. The number of amides is 4. The molecule has 9 heterocycles. The second-order valence-corrected chi connectivity index (χ2v) is 35.8. The van der Waals surface area contributed by atoms with Crippen molar-refractivity contribution in [2.45, 2.75) is 204 Å². The average Bonchev–Trinajstić information content (AvgIpc) is 1.27. The molecule has 10 N–H and O–H groups in total. The van der Waals surface area contributed by atoms with E-state index in [4.69, 9.17) is 94.1 Å². The van der Waals surface area contributed by atoms with Gasteiger partial charge in [-0.25, -0.2) is 84.3 Å². The van der Waals surface area contributed by atoms with Crippen LogP contribution in [0.5, 0.6) is 23.0 Å². The van der Waals surface area contributed by atoms with E-state index in [0.29, 0.717) is 85.4 Å². The maximum absolute atomic E-state index is 14.4. The summed E-state index contributed by atoms with van der Waals surface area (Å²) in [6.07, 6.45) is 8.70. The molecule has 4 aromatic carbocycles. The summed E-state index contributed by atoms with van der Waals surface area (Å²) in [7, 11) is 0. The Bertz CT molecular complexity index is 6160. The van der Waals surface area contributed by atoms with Crippen molar-refractivity contribution in [3.05, 3.63) is 218 Å². The number of hydrogen-bond acceptors (Lipinski definition) is 30. The largest absolute Gasteiger partial charge is 0.508 e. The van der Waals surface area contributed by atoms with Crippen LogP contribution in [0.3, 0.4) is 0 Å². The molecule has 13 rings (SSSR count). The number of aliphatic hydroxyl groups is 1. The summed E-state index contributed by atoms with van der Waals surface area (Å²) in [5.41, 5.74) is 2.08. The maximum atomic E-state index is 14.4. The van der Waals surface area contributed by atoms with Crippen molar-refractivity contribution < 1.29 is 104 Å². The normalized spacial score (nSPS) is 14.2. The quantitative estimate of drug-likeness (QED) is 0.0110. The second kappa shape index (κ2) is 49.7. The summed E-state index contributed by atoms with van der Waals surface area (Å²) in [6, 6.07) is 15.2. The molecule has 0 fully saturated rings. The van der Waals surface area contributed by atoms with Crippen LogP contribution in [0, 0.1) is 30.7 Å². The van der Waals surface area contributed by atoms with Gasteiger partial charge in [-0.15, -0.1) is 0 Å². The average molecular weight is 2030 g/mol. The number of anilines is 4. The maximum Gasteiger partial charge on any atom is 0.407 e. The van der Waals surface area contributed by atoms with Gasteiger partial charge in [0.2, 0.25) is 0 Å². The SMILES string of the molecule is CC(O)CNC(=O)OC(C)(C)C.CCOC(=O)c1cnn2ccc(NC(C)c3c(O)ccc(F)c3Cl)nc12.CCOC(=O)c1cnn2ccc(N[C@@H](C)c3c(O[C@@H](C)CNC(=O)OC(C)(C)C)ccc(F)c3Cl)nc12.CCOC(=O)c1cnn2ccc(N[C@H](C)c3c(O[C@@H](C)CNC(=O)OC(C)(C)C)ccc(F)c3Cl)nc12.C[C@H]1CNC(=O)c2cnn3ccc(nc23)N[C@H](C)c2c(ccc(F)c2Cl)O1.[CH3-]. The molecule has 0 aliphatic carbocycles. The Morgan fingerprint density at radius 1 is 0.486 bits per heavy atom. The van der Waals surface area contributed by atoms with Gasteiger partial charge in [0.1, 0.15) is 127 Å². The molecule has 38 nitrogen and oxygen atoms in total. The van der Waals surface area contributed by atoms with Crippen LogP contribution in [-0.4, -0.2) is 198 Å². The first-order valence-corrected chi connectivity index (χ1v) is 45.4. The van der Waals surface area contributed by atoms with Crippen molar-refractivity contribution in [3.63, 3.8) is 0 Å². The molecule has 2 unspecified atom stereocenters. The number of halogens is 8. The minimum atomic E-state index is -0.628. The van der Waals surface area contributed by atoms with Gasteiger partial charge in [0, 0.05) is 53.6 Å². The Kier molecular flexibility index (Phi) is 39.6. The fourth-order valence-corrected chi connectivity index (χ4v) is 14.3. The van der Waals surface area contributed by atoms with Gasteiger partial charge in [-0.05, 0) is 211 Å². The number of rotatable bonds is 25. The van der Waals surface area contributed by atoms with Crippen LogP contribution in [0.4, 0.5) is 55.2 Å². The van der Waals surface area contributed by atoms with Gasteiger partial charge < -0.3 is 103 Å². The highest BCUT2D eigenvalue weighted by Crippen LogP contribution is 2.41. The van der Waals surface area contributed by atoms with E-state index in [2.05, 4.69) is 82.9 Å². The third kappa shape index (κ3) is 31.1. The minimum absolute atomic E-state index is 0. The number of esters is 3. The predicted molar refractivity (Wildman–Crippen MR) is 519 cm³/mol. The van der Waals surface area contributed by atoms with E-state index < -0.39 is 113 Å². The number of nitrogens with zero attached hydrogens (tertiary/aromatic N) is 12. The molecule has 0 saturated carbocycles. The number of fused-ring (bicyclic) bond motifs is 5. The van der Waals surface area contributed by atoms with Gasteiger partial charge in [-0.2, -0.15) is 20.4 Å². The highest BCUT2D eigenvalue weighted by molar-refractivity contribution is 6.33. The fourth-order valence-electron chi connectivity index (χ4n) is 13.1. The molecule has 1 aliphatic heterocycles. The lowest BCUT2D eigenvalue weighted by atomic mass is 10.1. The summed E-state index contributed by atoms with van der Waals surface area (Å²) in [4.78, 5) is 102. The van der Waals surface area contributed by atoms with Crippen molar-refractivity contribution in [3.8, 4) is 23.0 Å². The topological polar surface area (TPSA) is 460 Å². The van der Waals surface area contributed by atoms with Crippen LogP contribution in [0.1, 0.15) is 226 Å². The first-order valence-electron chi connectivity index (χ1n) is 43.9. The molecule has 8 atom stereocenters. The third-order valence-corrected chi connectivity index (χ3v) is 20.7. The number of benzene rings is 4. The lowest BCUT2D eigenvalue weighted by molar-refractivity contribution is 0.0490. The van der Waals surface area contributed by atoms with Crippen LogP contribution in [0.2, 0.25) is 20.1 Å². The molecule has 46 heteroatoms. The Balaban J connectivity index is 0.000000221. The Morgan fingerprint density at radius 3 is 1.23 bits per heavy atom. The van der Waals surface area contributed by atoms with E-state index in [1.165, 1.54) is 85.3 Å². The number of alkyl carbamates (subject to hydrolysis) is 3. The first kappa shape index (κ1) is 112. The molecule has 0 radical (unpaired) electrons. The van der Waals surface area contributed by atoms with Crippen LogP contribution < -0.4 is 56.7 Å². The lowest BCUT2D eigenvalue weighted by Crippen LogP contribution is -2.37. The molecule has 0 saturated heterocycles. The molecule has 756 valence electrons. The van der Waals surface area contributed by atoms with Crippen molar-refractivity contribution in [2.75, 3.05) is 67.3 Å². The number of aliphatic hydroxyl groups excluding tert-OH is 1. The van der Waals surface area contributed by atoms with Crippen molar-refractivity contribution in [1.29, 1.82) is 0 Å². The van der Waals surface area contributed by atoms with E-state index in [-0.39, 0.29) is 120 Å². The predicted octanol–water partition coefficient (Wildman–Crippen LogP) is 18.5. The number of phenols is 1. The second-order valence-electron chi connectivity index (χ2n) is 34.3. The van der Waals surface area contributed by atoms with Crippen LogP contribution >= 0.6 is 46.4 Å². The molecule has 12 aromatic rings. The molecule has 8 aromatic heterocycles. The van der Waals surface area contributed by atoms with E-state index in [1.54, 1.807) is 174 Å². The molecule has 2 bridgehead atoms. The van der Waals surface area contributed by atoms with E-state index >= 15 is 0 Å². The van der Waals surface area contributed by atoms with Crippen LogP contribution in [-0.2, 0) is 28.4 Å². The van der Waals surface area contributed by atoms with E-state index in [1.807, 2.05) is 13.8 Å². The van der Waals surface area contributed by atoms with Gasteiger partial charge in [0.15, 0.2) is 22.6 Å². The number of ether oxygens (including phenoxy) is 9. The number of aromatic hydroxyl groups is 1. The zero-order valence-corrected chi connectivity index (χ0v) is 84.0. The Morgan fingerprint density at radius 2 is 0.836 bits per heavy atom. The van der Waals surface area contributed by atoms with Gasteiger partial charge in [0.25, 0.3) is 5.91 Å².